The fourth-order valence-electron chi connectivity index (χ4n) is 2.91. The van der Waals surface area contributed by atoms with E-state index in [1.54, 1.807) is 12.3 Å². The van der Waals surface area contributed by atoms with Gasteiger partial charge in [0.05, 0.1) is 11.4 Å². The molecule has 8 heteroatoms. The minimum absolute atomic E-state index is 0.130. The van der Waals surface area contributed by atoms with Gasteiger partial charge in [-0.3, -0.25) is 9.69 Å². The molecule has 1 heterocycles. The number of ether oxygens (including phenoxy) is 1. The van der Waals surface area contributed by atoms with Gasteiger partial charge >= 0.3 is 5.97 Å². The van der Waals surface area contributed by atoms with Gasteiger partial charge < -0.3 is 14.9 Å². The first-order valence-electron chi connectivity index (χ1n) is 9.20. The molecular weight excluding hydrogens is 404 g/mol. The highest BCUT2D eigenvalue weighted by atomic mass is 32.1. The number of thiazole rings is 1. The van der Waals surface area contributed by atoms with E-state index in [1.807, 2.05) is 32.0 Å². The van der Waals surface area contributed by atoms with Crippen molar-refractivity contribution in [2.45, 2.75) is 34.3 Å². The Morgan fingerprint density at radius 2 is 1.80 bits per heavy atom. The van der Waals surface area contributed by atoms with Crippen LogP contribution in [-0.4, -0.2) is 27.1 Å². The van der Waals surface area contributed by atoms with Gasteiger partial charge in [0, 0.05) is 12.3 Å². The second-order valence-corrected chi connectivity index (χ2v) is 7.73. The minimum Gasteiger partial charge on any atom is -0.504 e. The van der Waals surface area contributed by atoms with E-state index in [-0.39, 0.29) is 23.8 Å². The van der Waals surface area contributed by atoms with Gasteiger partial charge in [0.2, 0.25) is 5.91 Å². The van der Waals surface area contributed by atoms with Crippen LogP contribution in [0.25, 0.3) is 0 Å². The Balaban J connectivity index is 1.79. The molecule has 0 radical (unpaired) electrons. The number of anilines is 2. The molecule has 0 saturated carbocycles. The van der Waals surface area contributed by atoms with E-state index >= 15 is 0 Å². The average molecular weight is 426 g/mol. The molecule has 0 saturated heterocycles. The number of carbonyl (C=O) groups is 2. The lowest BCUT2D eigenvalue weighted by Crippen LogP contribution is -2.23. The number of amides is 1. The molecule has 0 aliphatic rings. The highest BCUT2D eigenvalue weighted by Crippen LogP contribution is 2.34. The first-order valence-corrected chi connectivity index (χ1v) is 10.1. The molecule has 156 valence electrons. The molecule has 0 spiro atoms. The molecular formula is C22H22N2O5S. The summed E-state index contributed by atoms with van der Waals surface area (Å²) in [5, 5.41) is 21.9. The number of rotatable bonds is 5. The lowest BCUT2D eigenvalue weighted by molar-refractivity contribution is -0.115. The van der Waals surface area contributed by atoms with Crippen LogP contribution in [0.5, 0.6) is 11.5 Å². The molecule has 2 N–H and O–H groups in total. The largest absolute Gasteiger partial charge is 0.504 e. The summed E-state index contributed by atoms with van der Waals surface area (Å²) in [7, 11) is 0. The third-order valence-electron chi connectivity index (χ3n) is 4.79. The van der Waals surface area contributed by atoms with E-state index in [9.17, 15) is 19.8 Å². The maximum absolute atomic E-state index is 12.3. The Bertz CT molecular complexity index is 1120. The van der Waals surface area contributed by atoms with Crippen molar-refractivity contribution >= 4 is 34.0 Å². The standard InChI is InChI=1S/C22H22N2O5S/c1-12-6-5-7-18(14(12)3)24(15(4)25)22-23-16(11-30-22)10-29-21(28)17-9-8-13(2)19(26)20(17)27/h5-9,11,26-27H,10H2,1-4H3. The molecule has 0 aliphatic carbocycles. The Morgan fingerprint density at radius 1 is 1.07 bits per heavy atom. The molecule has 0 atom stereocenters. The highest BCUT2D eigenvalue weighted by molar-refractivity contribution is 7.14. The Morgan fingerprint density at radius 3 is 2.50 bits per heavy atom. The second-order valence-electron chi connectivity index (χ2n) is 6.90. The summed E-state index contributed by atoms with van der Waals surface area (Å²) in [4.78, 5) is 30.6. The summed E-state index contributed by atoms with van der Waals surface area (Å²) in [6.45, 7) is 6.86. The summed E-state index contributed by atoms with van der Waals surface area (Å²) < 4.78 is 5.22. The number of phenols is 2. The van der Waals surface area contributed by atoms with Crippen LogP contribution in [0.15, 0.2) is 35.7 Å². The Hall–Kier alpha value is -3.39. The summed E-state index contributed by atoms with van der Waals surface area (Å²) in [6.07, 6.45) is 0. The maximum Gasteiger partial charge on any atom is 0.342 e. The number of aromatic nitrogens is 1. The van der Waals surface area contributed by atoms with Crippen molar-refractivity contribution in [3.63, 3.8) is 0 Å². The quantitative estimate of drug-likeness (QED) is 0.460. The molecule has 0 bridgehead atoms. The van der Waals surface area contributed by atoms with Crippen molar-refractivity contribution in [1.29, 1.82) is 0 Å². The average Bonchev–Trinajstić information content (AvgIpc) is 3.16. The van der Waals surface area contributed by atoms with Crippen LogP contribution >= 0.6 is 11.3 Å². The Labute approximate surface area is 178 Å². The van der Waals surface area contributed by atoms with Gasteiger partial charge in [-0.2, -0.15) is 0 Å². The normalized spacial score (nSPS) is 10.7. The van der Waals surface area contributed by atoms with Crippen LogP contribution in [0.4, 0.5) is 10.8 Å². The van der Waals surface area contributed by atoms with Crippen molar-refractivity contribution in [3.05, 3.63) is 63.7 Å². The highest BCUT2D eigenvalue weighted by Gasteiger charge is 2.21. The zero-order valence-corrected chi connectivity index (χ0v) is 17.9. The first kappa shape index (κ1) is 21.3. The van der Waals surface area contributed by atoms with Crippen molar-refractivity contribution in [2.75, 3.05) is 4.90 Å². The van der Waals surface area contributed by atoms with Gasteiger partial charge in [0.1, 0.15) is 12.2 Å². The summed E-state index contributed by atoms with van der Waals surface area (Å²) >= 11 is 1.26. The number of aromatic hydroxyl groups is 2. The molecule has 3 rings (SSSR count). The lowest BCUT2D eigenvalue weighted by atomic mass is 10.1. The first-order chi connectivity index (χ1) is 14.2. The third-order valence-corrected chi connectivity index (χ3v) is 5.66. The smallest absolute Gasteiger partial charge is 0.342 e. The SMILES string of the molecule is CC(=O)N(c1nc(COC(=O)c2ccc(C)c(O)c2O)cs1)c1cccc(C)c1C. The van der Waals surface area contributed by atoms with Crippen molar-refractivity contribution < 1.29 is 24.5 Å². The molecule has 7 nitrogen and oxygen atoms in total. The van der Waals surface area contributed by atoms with Gasteiger partial charge in [-0.25, -0.2) is 9.78 Å². The van der Waals surface area contributed by atoms with Gasteiger partial charge in [-0.1, -0.05) is 18.2 Å². The number of benzene rings is 2. The van der Waals surface area contributed by atoms with Gasteiger partial charge in [-0.15, -0.1) is 11.3 Å². The van der Waals surface area contributed by atoms with Crippen LogP contribution in [0.2, 0.25) is 0 Å². The topological polar surface area (TPSA) is 100.0 Å². The fourth-order valence-corrected chi connectivity index (χ4v) is 3.78. The number of hydrogen-bond acceptors (Lipinski definition) is 7. The molecule has 3 aromatic rings. The second kappa shape index (κ2) is 8.54. The van der Waals surface area contributed by atoms with Crippen LogP contribution in [0, 0.1) is 20.8 Å². The summed E-state index contributed by atoms with van der Waals surface area (Å²) in [6, 6.07) is 8.62. The van der Waals surface area contributed by atoms with Crippen LogP contribution < -0.4 is 4.90 Å². The maximum atomic E-state index is 12.3. The van der Waals surface area contributed by atoms with E-state index < -0.39 is 11.7 Å². The van der Waals surface area contributed by atoms with Crippen LogP contribution in [0.3, 0.4) is 0 Å². The number of phenolic OH excluding ortho intramolecular Hbond substituents is 2. The molecule has 2 aromatic carbocycles. The van der Waals surface area contributed by atoms with Crippen LogP contribution in [0.1, 0.15) is 39.7 Å². The minimum atomic E-state index is -0.782. The van der Waals surface area contributed by atoms with E-state index in [1.165, 1.54) is 35.3 Å². The molecule has 0 unspecified atom stereocenters. The van der Waals surface area contributed by atoms with E-state index in [4.69, 9.17) is 4.74 Å². The summed E-state index contributed by atoms with van der Waals surface area (Å²) in [5.74, 6) is -1.83. The number of nitrogens with zero attached hydrogens (tertiary/aromatic N) is 2. The van der Waals surface area contributed by atoms with E-state index in [0.717, 1.165) is 16.8 Å². The van der Waals surface area contributed by atoms with Crippen molar-refractivity contribution in [3.8, 4) is 11.5 Å². The summed E-state index contributed by atoms with van der Waals surface area (Å²) in [5.41, 5.74) is 3.57. The van der Waals surface area contributed by atoms with Crippen LogP contribution in [-0.2, 0) is 16.1 Å². The van der Waals surface area contributed by atoms with Gasteiger partial charge in [0.15, 0.2) is 16.6 Å². The molecule has 0 aliphatic heterocycles. The zero-order valence-electron chi connectivity index (χ0n) is 17.1. The van der Waals surface area contributed by atoms with Crippen molar-refractivity contribution in [2.24, 2.45) is 0 Å². The molecule has 30 heavy (non-hydrogen) atoms. The molecule has 1 aromatic heterocycles. The Kier molecular flexibility index (Phi) is 6.07. The van der Waals surface area contributed by atoms with Gasteiger partial charge in [0.25, 0.3) is 0 Å². The molecule has 1 amide bonds. The molecule has 0 fully saturated rings. The predicted molar refractivity (Wildman–Crippen MR) is 114 cm³/mol. The van der Waals surface area contributed by atoms with E-state index in [2.05, 4.69) is 4.98 Å². The van der Waals surface area contributed by atoms with Crippen molar-refractivity contribution in [1.82, 2.24) is 4.98 Å². The zero-order chi connectivity index (χ0) is 22.0. The lowest BCUT2D eigenvalue weighted by Gasteiger charge is -2.21. The number of carbonyl (C=O) groups excluding carboxylic acids is 2. The predicted octanol–water partition coefficient (Wildman–Crippen LogP) is 4.52. The third kappa shape index (κ3) is 4.13. The fraction of sp³-hybridized carbons (Fsp3) is 0.227. The van der Waals surface area contributed by atoms with E-state index in [0.29, 0.717) is 16.4 Å². The monoisotopic (exact) mass is 426 g/mol. The number of esters is 1. The van der Waals surface area contributed by atoms with Gasteiger partial charge in [-0.05, 0) is 49.6 Å². The number of aryl methyl sites for hydroxylation is 2. The number of hydrogen-bond donors (Lipinski definition) is 2.